The van der Waals surface area contributed by atoms with Crippen molar-refractivity contribution in [2.75, 3.05) is 34.5 Å². The summed E-state index contributed by atoms with van der Waals surface area (Å²) in [5, 5.41) is 46.2. The lowest BCUT2D eigenvalue weighted by atomic mass is 10.1. The lowest BCUT2D eigenvalue weighted by molar-refractivity contribution is 0.624. The second-order valence-electron chi connectivity index (χ2n) is 16.7. The number of nitrogens with zero attached hydrogens (tertiary/aromatic N) is 12. The molecule has 0 aliphatic rings. The molecule has 0 radical (unpaired) electrons. The summed E-state index contributed by atoms with van der Waals surface area (Å²) in [6.07, 6.45) is 8.62. The Balaban J connectivity index is 0.000000188. The van der Waals surface area contributed by atoms with Crippen molar-refractivity contribution in [3.05, 3.63) is 181 Å². The number of benzene rings is 5. The highest BCUT2D eigenvalue weighted by Gasteiger charge is 2.18. The van der Waals surface area contributed by atoms with Gasteiger partial charge in [-0.2, -0.15) is 26.3 Å². The molecule has 0 atom stereocenters. The van der Waals surface area contributed by atoms with Crippen LogP contribution in [0.2, 0.25) is 0 Å². The third-order valence-corrected chi connectivity index (χ3v) is 12.4. The topological polar surface area (TPSA) is 274 Å². The molecule has 0 unspecified atom stereocenters. The van der Waals surface area contributed by atoms with E-state index in [0.29, 0.717) is 73.7 Å². The fourth-order valence-corrected chi connectivity index (χ4v) is 7.93. The number of hydrogen-bond acceptors (Lipinski definition) is 14. The van der Waals surface area contributed by atoms with Crippen molar-refractivity contribution in [1.82, 2.24) is 29.1 Å². The van der Waals surface area contributed by atoms with Crippen molar-refractivity contribution >= 4 is 84.7 Å². The molecule has 0 bridgehead atoms. The predicted octanol–water partition coefficient (Wildman–Crippen LogP) is 11.6. The van der Waals surface area contributed by atoms with Crippen LogP contribution in [0.25, 0.3) is 22.1 Å². The van der Waals surface area contributed by atoms with Crippen LogP contribution in [0, 0.1) is 89.3 Å². The van der Waals surface area contributed by atoms with Crippen LogP contribution in [-0.2, 0) is 33.4 Å². The molecule has 0 amide bonds. The third-order valence-electron chi connectivity index (χ3n) is 11.5. The van der Waals surface area contributed by atoms with Gasteiger partial charge in [-0.3, -0.25) is 0 Å². The van der Waals surface area contributed by atoms with E-state index in [1.165, 1.54) is 24.3 Å². The van der Waals surface area contributed by atoms with Crippen molar-refractivity contribution in [3.8, 4) is 30.3 Å². The first-order valence-electron chi connectivity index (χ1n) is 23.3. The fourth-order valence-electron chi connectivity index (χ4n) is 7.33. The molecule has 22 heteroatoms. The summed E-state index contributed by atoms with van der Waals surface area (Å²) in [5.41, 5.74) is 24.2. The highest BCUT2D eigenvalue weighted by molar-refractivity contribution is 14.1. The van der Waals surface area contributed by atoms with Gasteiger partial charge in [0.2, 0.25) is 0 Å². The Morgan fingerprint density at radius 1 is 0.538 bits per heavy atom. The van der Waals surface area contributed by atoms with Gasteiger partial charge in [0.25, 0.3) is 0 Å². The van der Waals surface area contributed by atoms with E-state index in [0.717, 1.165) is 51.4 Å². The molecule has 16 nitrogen and oxygen atoms in total. The van der Waals surface area contributed by atoms with Gasteiger partial charge < -0.3 is 36.6 Å². The van der Waals surface area contributed by atoms with Crippen molar-refractivity contribution in [2.45, 2.75) is 40.0 Å². The minimum absolute atomic E-state index is 0.0685. The normalized spacial score (nSPS) is 10.0. The van der Waals surface area contributed by atoms with E-state index in [4.69, 9.17) is 43.5 Å². The van der Waals surface area contributed by atoms with Crippen LogP contribution in [0.5, 0.6) is 0 Å². The molecule has 4 aromatic heterocycles. The number of rotatable bonds is 7. The monoisotopic (exact) mass is 1170 g/mol. The Labute approximate surface area is 459 Å². The number of nitrogens with one attached hydrogen (secondary N) is 1. The maximum atomic E-state index is 14.5. The lowest BCUT2D eigenvalue weighted by Gasteiger charge is -2.22. The van der Waals surface area contributed by atoms with Gasteiger partial charge in [-0.05, 0) is 125 Å². The van der Waals surface area contributed by atoms with Crippen LogP contribution in [0.3, 0.4) is 0 Å². The van der Waals surface area contributed by atoms with Gasteiger partial charge in [0.1, 0.15) is 51.8 Å². The summed E-state index contributed by atoms with van der Waals surface area (Å²) < 4.78 is 71.3. The number of hydrogen-bond donors (Lipinski definition) is 4. The van der Waals surface area contributed by atoms with Crippen LogP contribution in [0.15, 0.2) is 104 Å². The molecule has 5 aromatic carbocycles. The molecule has 9 aromatic rings. The number of aromatic nitrogens is 6. The first-order chi connectivity index (χ1) is 37.2. The van der Waals surface area contributed by atoms with Crippen molar-refractivity contribution in [1.29, 1.82) is 26.3 Å². The van der Waals surface area contributed by atoms with Crippen LogP contribution >= 0.6 is 22.6 Å². The fraction of sp³-hybridized carbons (Fsp3) is 0.161. The molecule has 0 aliphatic carbocycles. The molecule has 394 valence electrons. The summed E-state index contributed by atoms with van der Waals surface area (Å²) in [4.78, 5) is 18.8. The van der Waals surface area contributed by atoms with Crippen LogP contribution in [0.4, 0.5) is 62.0 Å². The van der Waals surface area contributed by atoms with E-state index in [1.807, 2.05) is 103 Å². The summed E-state index contributed by atoms with van der Waals surface area (Å²) in [6.45, 7) is 5.72. The van der Waals surface area contributed by atoms with Crippen LogP contribution in [-0.4, -0.2) is 36.1 Å². The second kappa shape index (κ2) is 27.1. The molecule has 7 N–H and O–H groups in total. The molecule has 4 heterocycles. The third kappa shape index (κ3) is 14.5. The highest BCUT2D eigenvalue weighted by atomic mass is 127. The minimum atomic E-state index is -0.543. The Hall–Kier alpha value is -9.83. The number of pyridine rings is 2. The van der Waals surface area contributed by atoms with Gasteiger partial charge in [0.05, 0.1) is 123 Å². The average Bonchev–Trinajstić information content (AvgIpc) is 4.03. The minimum Gasteiger partial charge on any atom is -0.396 e. The molecule has 0 saturated heterocycles. The summed E-state index contributed by atoms with van der Waals surface area (Å²) in [5.74, 6) is -1.30. The zero-order chi connectivity index (χ0) is 57.4. The van der Waals surface area contributed by atoms with E-state index in [1.54, 1.807) is 67.3 Å². The standard InChI is InChI=1S/C17H16FN5.C16H14FN5.C9H9FN2.C7H4FIN2.C7H5FN2/c1-4-12-5-11(8-19)6-13(18)17(12)23(3)16-7-15-14(9-20-16)21-10-22(15)2;1-3-11-4-10(7-18)5-12(17)16(11)21-15-6-14-13(8-19-15)20-9-22(14)2;1-2-7-3-6(5-11)4-8(10)9(7)12;8-5-1-4(3-10)2-6(9)7(5)11;8-6-3-5(4-9)1-2-7(6)10/h5-7,9-10H,4H2,1-3H3;4-6,8-9H,3H2,1-2H3,(H,19,21);3-4H,2,12H2,1H3;1-2H,11H2;1-3H,10H2. The number of fused-ring (bicyclic) bond motifs is 2. The lowest BCUT2D eigenvalue weighted by Crippen LogP contribution is -2.15. The zero-order valence-corrected chi connectivity index (χ0v) is 45.0. The summed E-state index contributed by atoms with van der Waals surface area (Å²) in [6, 6.07) is 28.4. The number of nitrogen functional groups attached to an aromatic ring is 3. The highest BCUT2D eigenvalue weighted by Crippen LogP contribution is 2.32. The van der Waals surface area contributed by atoms with E-state index in [2.05, 4.69) is 25.3 Å². The van der Waals surface area contributed by atoms with Gasteiger partial charge >= 0.3 is 0 Å². The first-order valence-corrected chi connectivity index (χ1v) is 24.4. The number of nitriles is 5. The van der Waals surface area contributed by atoms with Gasteiger partial charge in [0.15, 0.2) is 0 Å². The SMILES string of the molecule is CCc1cc(C#N)cc(F)c1N.CCc1cc(C#N)cc(F)c1N(C)c1cc2c(cn1)ncn2C.CCc1cc(C#N)cc(F)c1Nc1cc2c(cn1)ncn2C.N#Cc1cc(F)c(N)c(I)c1.N#Cc1ccc(N)c(F)c1. The Kier molecular flexibility index (Phi) is 20.5. The maximum Gasteiger partial charge on any atom is 0.148 e. The number of anilines is 7. The van der Waals surface area contributed by atoms with Gasteiger partial charge in [0, 0.05) is 36.8 Å². The molecule has 0 spiro atoms. The molecule has 9 rings (SSSR count). The molecule has 0 fully saturated rings. The molecular formula is C56H48F5IN16. The van der Waals surface area contributed by atoms with E-state index < -0.39 is 29.1 Å². The zero-order valence-electron chi connectivity index (χ0n) is 42.8. The quantitative estimate of drug-likeness (QED) is 0.0656. The maximum absolute atomic E-state index is 14.5. The Morgan fingerprint density at radius 2 is 1.00 bits per heavy atom. The largest absolute Gasteiger partial charge is 0.396 e. The summed E-state index contributed by atoms with van der Waals surface area (Å²) in [7, 11) is 5.56. The number of imidazole rings is 2. The Morgan fingerprint density at radius 3 is 1.53 bits per heavy atom. The average molecular weight is 1170 g/mol. The predicted molar refractivity (Wildman–Crippen MR) is 298 cm³/mol. The van der Waals surface area contributed by atoms with E-state index in [-0.39, 0.29) is 22.6 Å². The first kappa shape index (κ1) is 59.1. The van der Waals surface area contributed by atoms with Crippen LogP contribution < -0.4 is 27.4 Å². The number of aryl methyl sites for hydroxylation is 5. The summed E-state index contributed by atoms with van der Waals surface area (Å²) >= 11 is 1.88. The molecule has 0 saturated carbocycles. The molecule has 0 aliphatic heterocycles. The van der Waals surface area contributed by atoms with Gasteiger partial charge in [-0.15, -0.1) is 0 Å². The van der Waals surface area contributed by atoms with Gasteiger partial charge in [-0.1, -0.05) is 20.8 Å². The van der Waals surface area contributed by atoms with E-state index in [9.17, 15) is 22.0 Å². The van der Waals surface area contributed by atoms with Crippen LogP contribution in [0.1, 0.15) is 65.3 Å². The van der Waals surface area contributed by atoms with Gasteiger partial charge in [-0.25, -0.2) is 41.9 Å². The molecule has 78 heavy (non-hydrogen) atoms. The second-order valence-corrected chi connectivity index (χ2v) is 17.8. The molecular weight excluding hydrogens is 1120 g/mol. The smallest absolute Gasteiger partial charge is 0.148 e. The van der Waals surface area contributed by atoms with Crippen molar-refractivity contribution in [3.63, 3.8) is 0 Å². The van der Waals surface area contributed by atoms with E-state index >= 15 is 0 Å². The Bertz CT molecular complexity index is 3850. The van der Waals surface area contributed by atoms with Crippen molar-refractivity contribution in [2.24, 2.45) is 14.1 Å². The number of halogens is 6. The van der Waals surface area contributed by atoms with Crippen molar-refractivity contribution < 1.29 is 22.0 Å². The number of nitrogens with two attached hydrogens (primary N) is 3.